The molecule has 0 aliphatic heterocycles. The van der Waals surface area contributed by atoms with Crippen LogP contribution in [0.25, 0.3) is 0 Å². The summed E-state index contributed by atoms with van der Waals surface area (Å²) in [5.41, 5.74) is -2.02. The highest BCUT2D eigenvalue weighted by molar-refractivity contribution is 6.05. The SMILES string of the molecule is CC(C)(O)C(C)(C)NC(=O)c1ccccc1C(=O)O. The number of nitrogens with one attached hydrogen (secondary N) is 1. The van der Waals surface area contributed by atoms with Crippen LogP contribution in [0.5, 0.6) is 0 Å². The van der Waals surface area contributed by atoms with Crippen LogP contribution in [0, 0.1) is 0 Å². The summed E-state index contributed by atoms with van der Waals surface area (Å²) in [5, 5.41) is 21.7. The lowest BCUT2D eigenvalue weighted by molar-refractivity contribution is -0.00295. The first-order valence-corrected chi connectivity index (χ1v) is 5.93. The second-order valence-electron chi connectivity index (χ2n) is 5.49. The fourth-order valence-electron chi connectivity index (χ4n) is 1.37. The van der Waals surface area contributed by atoms with Crippen LogP contribution in [-0.2, 0) is 0 Å². The zero-order chi connectivity index (χ0) is 14.8. The Morgan fingerprint density at radius 3 is 1.95 bits per heavy atom. The number of carboxylic acid groups (broad SMARTS) is 1. The first-order valence-electron chi connectivity index (χ1n) is 5.93. The molecule has 1 aromatic carbocycles. The fourth-order valence-corrected chi connectivity index (χ4v) is 1.37. The van der Waals surface area contributed by atoms with Crippen LogP contribution in [0.3, 0.4) is 0 Å². The molecule has 0 aliphatic rings. The maximum atomic E-state index is 12.1. The largest absolute Gasteiger partial charge is 0.478 e. The van der Waals surface area contributed by atoms with Gasteiger partial charge in [-0.2, -0.15) is 0 Å². The molecule has 1 amide bonds. The minimum Gasteiger partial charge on any atom is -0.478 e. The maximum absolute atomic E-state index is 12.1. The summed E-state index contributed by atoms with van der Waals surface area (Å²) < 4.78 is 0. The lowest BCUT2D eigenvalue weighted by atomic mass is 9.85. The molecule has 1 rings (SSSR count). The van der Waals surface area contributed by atoms with Gasteiger partial charge in [0.15, 0.2) is 0 Å². The molecular weight excluding hydrogens is 246 g/mol. The maximum Gasteiger partial charge on any atom is 0.336 e. The van der Waals surface area contributed by atoms with Gasteiger partial charge < -0.3 is 15.5 Å². The lowest BCUT2D eigenvalue weighted by Gasteiger charge is -2.38. The van der Waals surface area contributed by atoms with Crippen LogP contribution < -0.4 is 5.32 Å². The van der Waals surface area contributed by atoms with Gasteiger partial charge in [0, 0.05) is 0 Å². The molecule has 0 bridgehead atoms. The normalized spacial score (nSPS) is 12.1. The molecule has 0 fully saturated rings. The molecule has 5 heteroatoms. The highest BCUT2D eigenvalue weighted by atomic mass is 16.4. The minimum atomic E-state index is -1.16. The molecule has 19 heavy (non-hydrogen) atoms. The zero-order valence-corrected chi connectivity index (χ0v) is 11.5. The van der Waals surface area contributed by atoms with Crippen molar-refractivity contribution in [3.05, 3.63) is 35.4 Å². The molecule has 104 valence electrons. The highest BCUT2D eigenvalue weighted by Crippen LogP contribution is 2.21. The Balaban J connectivity index is 3.07. The Labute approximate surface area is 112 Å². The van der Waals surface area contributed by atoms with Crippen molar-refractivity contribution < 1.29 is 19.8 Å². The Hall–Kier alpha value is -1.88. The average Bonchev–Trinajstić information content (AvgIpc) is 2.26. The van der Waals surface area contributed by atoms with Crippen LogP contribution in [0.1, 0.15) is 48.4 Å². The third-order valence-electron chi connectivity index (χ3n) is 3.36. The number of hydrogen-bond acceptors (Lipinski definition) is 3. The topological polar surface area (TPSA) is 86.6 Å². The van der Waals surface area contributed by atoms with Crippen molar-refractivity contribution in [1.29, 1.82) is 0 Å². The molecule has 0 radical (unpaired) electrons. The van der Waals surface area contributed by atoms with E-state index in [-0.39, 0.29) is 11.1 Å². The number of carboxylic acids is 1. The van der Waals surface area contributed by atoms with Crippen LogP contribution in [0.4, 0.5) is 0 Å². The molecule has 0 heterocycles. The van der Waals surface area contributed by atoms with Gasteiger partial charge in [-0.1, -0.05) is 12.1 Å². The van der Waals surface area contributed by atoms with Gasteiger partial charge >= 0.3 is 5.97 Å². The van der Waals surface area contributed by atoms with Crippen molar-refractivity contribution in [3.8, 4) is 0 Å². The van der Waals surface area contributed by atoms with Crippen molar-refractivity contribution in [2.24, 2.45) is 0 Å². The Bertz CT molecular complexity index is 500. The summed E-state index contributed by atoms with van der Waals surface area (Å²) in [6.07, 6.45) is 0. The van der Waals surface area contributed by atoms with Gasteiger partial charge in [-0.3, -0.25) is 4.79 Å². The summed E-state index contributed by atoms with van der Waals surface area (Å²) in [6, 6.07) is 5.97. The van der Waals surface area contributed by atoms with Crippen molar-refractivity contribution in [2.75, 3.05) is 0 Å². The molecule has 1 aromatic rings. The van der Waals surface area contributed by atoms with E-state index < -0.39 is 23.0 Å². The van der Waals surface area contributed by atoms with E-state index in [9.17, 15) is 14.7 Å². The standard InChI is InChI=1S/C14H19NO4/c1-13(2,14(3,4)19)15-11(16)9-7-5-6-8-10(9)12(17)18/h5-8,19H,1-4H3,(H,15,16)(H,17,18). The van der Waals surface area contributed by atoms with Gasteiger partial charge in [0.1, 0.15) is 0 Å². The first kappa shape index (κ1) is 15.2. The molecule has 0 spiro atoms. The van der Waals surface area contributed by atoms with Crippen molar-refractivity contribution in [1.82, 2.24) is 5.32 Å². The van der Waals surface area contributed by atoms with Crippen molar-refractivity contribution in [2.45, 2.75) is 38.8 Å². The van der Waals surface area contributed by atoms with Gasteiger partial charge in [-0.25, -0.2) is 4.79 Å². The molecule has 0 saturated carbocycles. The van der Waals surface area contributed by atoms with E-state index in [1.165, 1.54) is 12.1 Å². The van der Waals surface area contributed by atoms with Crippen LogP contribution in [-0.4, -0.2) is 33.2 Å². The molecule has 0 saturated heterocycles. The number of rotatable bonds is 4. The predicted octanol–water partition coefficient (Wildman–Crippen LogP) is 1.66. The predicted molar refractivity (Wildman–Crippen MR) is 71.2 cm³/mol. The van der Waals surface area contributed by atoms with E-state index in [1.807, 2.05) is 0 Å². The number of amides is 1. The van der Waals surface area contributed by atoms with Gasteiger partial charge in [0.25, 0.3) is 5.91 Å². The van der Waals surface area contributed by atoms with E-state index in [0.717, 1.165) is 0 Å². The fraction of sp³-hybridized carbons (Fsp3) is 0.429. The van der Waals surface area contributed by atoms with Crippen LogP contribution in [0.2, 0.25) is 0 Å². The zero-order valence-electron chi connectivity index (χ0n) is 11.5. The molecule has 0 atom stereocenters. The Kier molecular flexibility index (Phi) is 4.00. The third-order valence-corrected chi connectivity index (χ3v) is 3.36. The van der Waals surface area contributed by atoms with Crippen molar-refractivity contribution in [3.63, 3.8) is 0 Å². The van der Waals surface area contributed by atoms with E-state index in [0.29, 0.717) is 0 Å². The number of carbonyl (C=O) groups excluding carboxylic acids is 1. The summed E-state index contributed by atoms with van der Waals surface area (Å²) >= 11 is 0. The summed E-state index contributed by atoms with van der Waals surface area (Å²) in [6.45, 7) is 6.51. The Morgan fingerprint density at radius 2 is 1.53 bits per heavy atom. The summed E-state index contributed by atoms with van der Waals surface area (Å²) in [5.74, 6) is -1.68. The van der Waals surface area contributed by atoms with E-state index >= 15 is 0 Å². The van der Waals surface area contributed by atoms with E-state index in [1.54, 1.807) is 39.8 Å². The van der Waals surface area contributed by atoms with Crippen LogP contribution in [0.15, 0.2) is 24.3 Å². The third kappa shape index (κ3) is 3.32. The first-order chi connectivity index (χ1) is 8.56. The Morgan fingerprint density at radius 1 is 1.05 bits per heavy atom. The molecule has 0 aromatic heterocycles. The second kappa shape index (κ2) is 5.01. The quantitative estimate of drug-likeness (QED) is 0.772. The van der Waals surface area contributed by atoms with Crippen molar-refractivity contribution >= 4 is 11.9 Å². The van der Waals surface area contributed by atoms with E-state index in [2.05, 4.69) is 5.32 Å². The van der Waals surface area contributed by atoms with Gasteiger partial charge in [-0.15, -0.1) is 0 Å². The number of aromatic carboxylic acids is 1. The highest BCUT2D eigenvalue weighted by Gasteiger charge is 2.37. The average molecular weight is 265 g/mol. The smallest absolute Gasteiger partial charge is 0.336 e. The number of carbonyl (C=O) groups is 2. The molecular formula is C14H19NO4. The molecule has 5 nitrogen and oxygen atoms in total. The van der Waals surface area contributed by atoms with Gasteiger partial charge in [-0.05, 0) is 39.8 Å². The molecule has 3 N–H and O–H groups in total. The van der Waals surface area contributed by atoms with Crippen LogP contribution >= 0.6 is 0 Å². The minimum absolute atomic E-state index is 0.0634. The number of aliphatic hydroxyl groups is 1. The summed E-state index contributed by atoms with van der Waals surface area (Å²) in [4.78, 5) is 23.2. The van der Waals surface area contributed by atoms with E-state index in [4.69, 9.17) is 5.11 Å². The monoisotopic (exact) mass is 265 g/mol. The summed E-state index contributed by atoms with van der Waals surface area (Å²) in [7, 11) is 0. The number of benzene rings is 1. The van der Waals surface area contributed by atoms with Gasteiger partial charge in [0.05, 0.1) is 22.3 Å². The number of hydrogen-bond donors (Lipinski definition) is 3. The second-order valence-corrected chi connectivity index (χ2v) is 5.49. The van der Waals surface area contributed by atoms with Gasteiger partial charge in [0.2, 0.25) is 0 Å². The lowest BCUT2D eigenvalue weighted by Crippen LogP contribution is -2.57. The molecule has 0 unspecified atom stereocenters. The molecule has 0 aliphatic carbocycles.